The molecule has 0 aliphatic carbocycles. The van der Waals surface area contributed by atoms with Gasteiger partial charge in [0.15, 0.2) is 5.69 Å². The molecule has 0 bridgehead atoms. The maximum Gasteiger partial charge on any atom is 0.266 e. The van der Waals surface area contributed by atoms with Crippen molar-refractivity contribution in [2.24, 2.45) is 5.18 Å². The van der Waals surface area contributed by atoms with Gasteiger partial charge in [-0.15, -0.1) is 4.91 Å². The van der Waals surface area contributed by atoms with Crippen LogP contribution in [0.2, 0.25) is 0 Å². The molecule has 0 amide bonds. The number of fused-ring (bicyclic) bond motifs is 4. The highest BCUT2D eigenvalue weighted by molar-refractivity contribution is 9.10. The van der Waals surface area contributed by atoms with Crippen molar-refractivity contribution in [3.8, 4) is 0 Å². The largest absolute Gasteiger partial charge is 0.339 e. The van der Waals surface area contributed by atoms with Gasteiger partial charge < -0.3 is 4.98 Å². The Morgan fingerprint density at radius 2 is 1.68 bits per heavy atom. The first-order valence-electron chi connectivity index (χ1n) is 6.39. The van der Waals surface area contributed by atoms with E-state index in [1.165, 1.54) is 4.40 Å². The second-order valence-corrected chi connectivity index (χ2v) is 6.74. The molecule has 4 aromatic rings. The van der Waals surface area contributed by atoms with Crippen LogP contribution in [0, 0.1) is 4.91 Å². The van der Waals surface area contributed by atoms with Gasteiger partial charge >= 0.3 is 0 Å². The molecule has 0 atom stereocenters. The zero-order valence-corrected chi connectivity index (χ0v) is 14.1. The van der Waals surface area contributed by atoms with Crippen LogP contribution in [0.4, 0.5) is 5.69 Å². The zero-order valence-electron chi connectivity index (χ0n) is 10.9. The molecular formula is C15H7Br2N3O2. The minimum Gasteiger partial charge on any atom is -0.339 e. The van der Waals surface area contributed by atoms with Gasteiger partial charge in [-0.3, -0.25) is 9.20 Å². The standard InChI is InChI=1S/C15H7Br2N3O2/c16-7-1-3-11-9(5-7)15(21)20-12-4-2-8(17)6-10(12)13(19-22)14(20)18-11/h1-6,18H. The lowest BCUT2D eigenvalue weighted by Gasteiger charge is -2.02. The smallest absolute Gasteiger partial charge is 0.266 e. The van der Waals surface area contributed by atoms with Crippen molar-refractivity contribution >= 4 is 65.0 Å². The molecule has 0 saturated carbocycles. The van der Waals surface area contributed by atoms with Crippen molar-refractivity contribution < 1.29 is 0 Å². The van der Waals surface area contributed by atoms with Crippen molar-refractivity contribution in [2.45, 2.75) is 0 Å². The highest BCUT2D eigenvalue weighted by Gasteiger charge is 2.17. The lowest BCUT2D eigenvalue weighted by molar-refractivity contribution is 1.15. The van der Waals surface area contributed by atoms with Crippen LogP contribution in [0.1, 0.15) is 0 Å². The van der Waals surface area contributed by atoms with Crippen molar-refractivity contribution in [2.75, 3.05) is 0 Å². The third kappa shape index (κ3) is 1.79. The summed E-state index contributed by atoms with van der Waals surface area (Å²) in [5.41, 5.74) is 1.76. The van der Waals surface area contributed by atoms with E-state index in [9.17, 15) is 9.70 Å². The molecular weight excluding hydrogens is 414 g/mol. The Morgan fingerprint density at radius 3 is 2.41 bits per heavy atom. The number of aromatic nitrogens is 2. The van der Waals surface area contributed by atoms with Gasteiger partial charge in [0.1, 0.15) is 5.65 Å². The molecule has 0 aliphatic heterocycles. The quantitative estimate of drug-likeness (QED) is 0.447. The molecule has 5 nitrogen and oxygen atoms in total. The van der Waals surface area contributed by atoms with Gasteiger partial charge in [0.25, 0.3) is 5.56 Å². The number of nitroso groups, excluding NO2 is 1. The summed E-state index contributed by atoms with van der Waals surface area (Å²) < 4.78 is 3.13. The Hall–Kier alpha value is -1.99. The van der Waals surface area contributed by atoms with Gasteiger partial charge in [-0.1, -0.05) is 31.9 Å². The minimum atomic E-state index is -0.188. The molecule has 0 radical (unpaired) electrons. The van der Waals surface area contributed by atoms with Gasteiger partial charge in [-0.25, -0.2) is 0 Å². The van der Waals surface area contributed by atoms with E-state index in [4.69, 9.17) is 0 Å². The summed E-state index contributed by atoms with van der Waals surface area (Å²) in [4.78, 5) is 27.3. The molecule has 1 N–H and O–H groups in total. The number of nitrogens with one attached hydrogen (secondary N) is 1. The van der Waals surface area contributed by atoms with Crippen LogP contribution < -0.4 is 5.56 Å². The number of hydrogen-bond acceptors (Lipinski definition) is 3. The summed E-state index contributed by atoms with van der Waals surface area (Å²) >= 11 is 6.75. The number of H-pyrrole nitrogens is 1. The Morgan fingerprint density at radius 1 is 1.00 bits per heavy atom. The van der Waals surface area contributed by atoms with Crippen molar-refractivity contribution in [3.05, 3.63) is 60.6 Å². The summed E-state index contributed by atoms with van der Waals surface area (Å²) in [5.74, 6) is 0. The van der Waals surface area contributed by atoms with Crippen molar-refractivity contribution in [3.63, 3.8) is 0 Å². The van der Waals surface area contributed by atoms with Crippen LogP contribution in [-0.4, -0.2) is 9.38 Å². The first kappa shape index (κ1) is 13.7. The van der Waals surface area contributed by atoms with Crippen LogP contribution in [0.25, 0.3) is 27.5 Å². The normalized spacial score (nSPS) is 11.5. The maximum absolute atomic E-state index is 12.8. The molecule has 2 aromatic heterocycles. The average Bonchev–Trinajstić information content (AvgIpc) is 2.81. The lowest BCUT2D eigenvalue weighted by atomic mass is 10.2. The van der Waals surface area contributed by atoms with E-state index in [1.807, 2.05) is 12.1 Å². The number of halogens is 2. The van der Waals surface area contributed by atoms with Crippen LogP contribution in [0.15, 0.2) is 55.3 Å². The third-order valence-corrected chi connectivity index (χ3v) is 4.65. The van der Waals surface area contributed by atoms with Gasteiger partial charge in [-0.05, 0) is 41.6 Å². The summed E-state index contributed by atoms with van der Waals surface area (Å²) in [7, 11) is 0. The van der Waals surface area contributed by atoms with Gasteiger partial charge in [0.05, 0.1) is 16.4 Å². The fraction of sp³-hybridized carbons (Fsp3) is 0. The molecule has 0 unspecified atom stereocenters. The van der Waals surface area contributed by atoms with Gasteiger partial charge in [-0.2, -0.15) is 0 Å². The van der Waals surface area contributed by atoms with Crippen LogP contribution in [0.3, 0.4) is 0 Å². The number of rotatable bonds is 1. The van der Waals surface area contributed by atoms with Crippen LogP contribution in [0.5, 0.6) is 0 Å². The van der Waals surface area contributed by atoms with E-state index in [1.54, 1.807) is 24.3 Å². The summed E-state index contributed by atoms with van der Waals surface area (Å²) in [5, 5.41) is 4.29. The predicted molar refractivity (Wildman–Crippen MR) is 93.9 cm³/mol. The Kier molecular flexibility index (Phi) is 2.95. The molecule has 22 heavy (non-hydrogen) atoms. The predicted octanol–water partition coefficient (Wildman–Crippen LogP) is 4.86. The molecule has 4 rings (SSSR count). The van der Waals surface area contributed by atoms with Crippen LogP contribution in [-0.2, 0) is 0 Å². The van der Waals surface area contributed by atoms with E-state index in [0.717, 1.165) is 8.95 Å². The molecule has 0 fully saturated rings. The Balaban J connectivity index is 2.36. The number of hydrogen-bond donors (Lipinski definition) is 1. The van der Waals surface area contributed by atoms with Crippen LogP contribution >= 0.6 is 31.9 Å². The topological polar surface area (TPSA) is 66.7 Å². The van der Waals surface area contributed by atoms with Gasteiger partial charge in [0.2, 0.25) is 0 Å². The highest BCUT2D eigenvalue weighted by atomic mass is 79.9. The monoisotopic (exact) mass is 419 g/mol. The number of benzene rings is 2. The molecule has 0 aliphatic rings. The SMILES string of the molecule is O=Nc1c2cc(Br)ccc2n2c(=O)c3cc(Br)ccc3[nH]c12. The zero-order chi connectivity index (χ0) is 15.4. The summed E-state index contributed by atoms with van der Waals surface area (Å²) in [6, 6.07) is 10.8. The maximum atomic E-state index is 12.8. The second kappa shape index (κ2) is 4.76. The van der Waals surface area contributed by atoms with E-state index in [-0.39, 0.29) is 11.2 Å². The second-order valence-electron chi connectivity index (χ2n) is 4.91. The molecule has 7 heteroatoms. The van der Waals surface area contributed by atoms with Crippen molar-refractivity contribution in [1.82, 2.24) is 9.38 Å². The minimum absolute atomic E-state index is 0.188. The third-order valence-electron chi connectivity index (χ3n) is 3.66. The summed E-state index contributed by atoms with van der Waals surface area (Å²) in [6.45, 7) is 0. The average molecular weight is 421 g/mol. The van der Waals surface area contributed by atoms with Gasteiger partial charge in [0, 0.05) is 14.3 Å². The fourth-order valence-corrected chi connectivity index (χ4v) is 3.44. The van der Waals surface area contributed by atoms with E-state index in [2.05, 4.69) is 42.0 Å². The molecule has 0 spiro atoms. The molecule has 0 saturated heterocycles. The lowest BCUT2D eigenvalue weighted by Crippen LogP contribution is -2.13. The first-order valence-corrected chi connectivity index (χ1v) is 7.97. The molecule has 2 heterocycles. The Bertz CT molecular complexity index is 1140. The van der Waals surface area contributed by atoms with E-state index >= 15 is 0 Å². The highest BCUT2D eigenvalue weighted by Crippen LogP contribution is 2.34. The fourth-order valence-electron chi connectivity index (χ4n) is 2.72. The molecule has 108 valence electrons. The van der Waals surface area contributed by atoms with E-state index in [0.29, 0.717) is 27.5 Å². The first-order chi connectivity index (χ1) is 10.6. The number of aromatic amines is 1. The Labute approximate surface area is 140 Å². The van der Waals surface area contributed by atoms with E-state index < -0.39 is 0 Å². The number of nitrogens with zero attached hydrogens (tertiary/aromatic N) is 2. The molecule has 2 aromatic carbocycles. The van der Waals surface area contributed by atoms with Crippen molar-refractivity contribution in [1.29, 1.82) is 0 Å². The summed E-state index contributed by atoms with van der Waals surface area (Å²) in [6.07, 6.45) is 0.